The Bertz CT molecular complexity index is 1020. The van der Waals surface area contributed by atoms with Gasteiger partial charge < -0.3 is 10.2 Å². The van der Waals surface area contributed by atoms with Crippen molar-refractivity contribution in [1.29, 1.82) is 0 Å². The SMILES string of the molecule is O=C(NCC(=O)N1CCN(S(=O)(=O)c2cccc(F)c2)CC1)c1cccc(F)c1. The maximum atomic E-state index is 13.3. The fourth-order valence-electron chi connectivity index (χ4n) is 2.95. The summed E-state index contributed by atoms with van der Waals surface area (Å²) in [6, 6.07) is 9.85. The molecule has 0 atom stereocenters. The van der Waals surface area contributed by atoms with Crippen molar-refractivity contribution < 1.29 is 26.8 Å². The summed E-state index contributed by atoms with van der Waals surface area (Å²) in [6.45, 7) is 0.114. The minimum Gasteiger partial charge on any atom is -0.343 e. The lowest BCUT2D eigenvalue weighted by Crippen LogP contribution is -2.52. The van der Waals surface area contributed by atoms with E-state index >= 15 is 0 Å². The molecule has 10 heteroatoms. The highest BCUT2D eigenvalue weighted by atomic mass is 32.2. The zero-order valence-corrected chi connectivity index (χ0v) is 16.2. The van der Waals surface area contributed by atoms with Crippen LogP contribution in [0.3, 0.4) is 0 Å². The van der Waals surface area contributed by atoms with E-state index < -0.39 is 27.6 Å². The molecule has 0 bridgehead atoms. The van der Waals surface area contributed by atoms with Crippen LogP contribution >= 0.6 is 0 Å². The fraction of sp³-hybridized carbons (Fsp3) is 0.263. The number of hydrogen-bond acceptors (Lipinski definition) is 4. The number of benzene rings is 2. The zero-order valence-electron chi connectivity index (χ0n) is 15.3. The quantitative estimate of drug-likeness (QED) is 0.784. The number of carbonyl (C=O) groups excluding carboxylic acids is 2. The first-order valence-electron chi connectivity index (χ1n) is 8.84. The largest absolute Gasteiger partial charge is 0.343 e. The molecule has 1 aliphatic heterocycles. The van der Waals surface area contributed by atoms with E-state index in [4.69, 9.17) is 0 Å². The summed E-state index contributed by atoms with van der Waals surface area (Å²) in [7, 11) is -3.85. The van der Waals surface area contributed by atoms with Gasteiger partial charge in [-0.05, 0) is 36.4 Å². The number of halogens is 2. The van der Waals surface area contributed by atoms with Gasteiger partial charge in [-0.2, -0.15) is 4.31 Å². The van der Waals surface area contributed by atoms with E-state index in [9.17, 15) is 26.8 Å². The van der Waals surface area contributed by atoms with Crippen LogP contribution in [0.25, 0.3) is 0 Å². The first-order valence-corrected chi connectivity index (χ1v) is 10.3. The average Bonchev–Trinajstić information content (AvgIpc) is 2.72. The monoisotopic (exact) mass is 423 g/mol. The van der Waals surface area contributed by atoms with Gasteiger partial charge in [-0.25, -0.2) is 17.2 Å². The van der Waals surface area contributed by atoms with Gasteiger partial charge in [0.15, 0.2) is 0 Å². The van der Waals surface area contributed by atoms with Crippen LogP contribution in [0.2, 0.25) is 0 Å². The molecule has 1 heterocycles. The molecule has 1 fully saturated rings. The molecule has 0 aromatic heterocycles. The first-order chi connectivity index (χ1) is 13.8. The Kier molecular flexibility index (Phi) is 6.23. The summed E-state index contributed by atoms with van der Waals surface area (Å²) < 4.78 is 52.9. The van der Waals surface area contributed by atoms with Gasteiger partial charge in [0.05, 0.1) is 11.4 Å². The number of nitrogens with one attached hydrogen (secondary N) is 1. The molecule has 0 unspecified atom stereocenters. The predicted octanol–water partition coefficient (Wildman–Crippen LogP) is 1.23. The Labute approximate surface area is 167 Å². The normalized spacial score (nSPS) is 15.2. The number of carbonyl (C=O) groups is 2. The van der Waals surface area contributed by atoms with Crippen LogP contribution in [-0.4, -0.2) is 62.2 Å². The number of sulfonamides is 1. The highest BCUT2D eigenvalue weighted by Gasteiger charge is 2.30. The van der Waals surface area contributed by atoms with Crippen LogP contribution in [-0.2, 0) is 14.8 Å². The standard InChI is InChI=1S/C19H19F2N3O4S/c20-15-4-1-3-14(11-15)19(26)22-13-18(25)23-7-9-24(10-8-23)29(27,28)17-6-2-5-16(21)12-17/h1-6,11-12H,7-10,13H2,(H,22,26). The maximum absolute atomic E-state index is 13.3. The summed E-state index contributed by atoms with van der Waals surface area (Å²) in [4.78, 5) is 25.6. The van der Waals surface area contributed by atoms with Crippen LogP contribution in [0.15, 0.2) is 53.4 Å². The third-order valence-corrected chi connectivity index (χ3v) is 6.41. The topological polar surface area (TPSA) is 86.8 Å². The van der Waals surface area contributed by atoms with Crippen molar-refractivity contribution >= 4 is 21.8 Å². The number of nitrogens with zero attached hydrogens (tertiary/aromatic N) is 2. The van der Waals surface area contributed by atoms with E-state index in [0.717, 1.165) is 18.2 Å². The van der Waals surface area contributed by atoms with E-state index in [1.807, 2.05) is 0 Å². The smallest absolute Gasteiger partial charge is 0.251 e. The lowest BCUT2D eigenvalue weighted by molar-refractivity contribution is -0.131. The van der Waals surface area contributed by atoms with Crippen molar-refractivity contribution in [3.05, 3.63) is 65.7 Å². The van der Waals surface area contributed by atoms with Crippen LogP contribution in [0.4, 0.5) is 8.78 Å². The van der Waals surface area contributed by atoms with Crippen molar-refractivity contribution in [3.8, 4) is 0 Å². The molecule has 2 aromatic carbocycles. The molecule has 3 rings (SSSR count). The third-order valence-electron chi connectivity index (χ3n) is 4.51. The predicted molar refractivity (Wildman–Crippen MR) is 100 cm³/mol. The van der Waals surface area contributed by atoms with Crippen molar-refractivity contribution in [2.45, 2.75) is 4.90 Å². The highest BCUT2D eigenvalue weighted by molar-refractivity contribution is 7.89. The second kappa shape index (κ2) is 8.66. The summed E-state index contributed by atoms with van der Waals surface area (Å²) in [5, 5.41) is 2.43. The Morgan fingerprint density at radius 2 is 1.55 bits per heavy atom. The van der Waals surface area contributed by atoms with Crippen LogP contribution in [0, 0.1) is 11.6 Å². The Hall–Kier alpha value is -2.85. The van der Waals surface area contributed by atoms with Gasteiger partial charge in [0.25, 0.3) is 5.91 Å². The maximum Gasteiger partial charge on any atom is 0.251 e. The van der Waals surface area contributed by atoms with Gasteiger partial charge in [0, 0.05) is 31.7 Å². The second-order valence-electron chi connectivity index (χ2n) is 6.44. The third kappa shape index (κ3) is 4.96. The minimum absolute atomic E-state index is 0.0580. The molecular weight excluding hydrogens is 404 g/mol. The lowest BCUT2D eigenvalue weighted by Gasteiger charge is -2.34. The number of hydrogen-bond donors (Lipinski definition) is 1. The number of rotatable bonds is 5. The zero-order chi connectivity index (χ0) is 21.0. The molecule has 0 aliphatic carbocycles. The molecule has 2 amide bonds. The van der Waals surface area contributed by atoms with Gasteiger partial charge in [-0.15, -0.1) is 0 Å². The molecule has 0 spiro atoms. The summed E-state index contributed by atoms with van der Waals surface area (Å²) in [6.07, 6.45) is 0. The molecule has 154 valence electrons. The van der Waals surface area contributed by atoms with E-state index in [1.165, 1.54) is 39.5 Å². The second-order valence-corrected chi connectivity index (χ2v) is 8.37. The molecular formula is C19H19F2N3O4S. The number of amides is 2. The Morgan fingerprint density at radius 1 is 0.931 bits per heavy atom. The van der Waals surface area contributed by atoms with Crippen molar-refractivity contribution in [2.24, 2.45) is 0 Å². The highest BCUT2D eigenvalue weighted by Crippen LogP contribution is 2.18. The van der Waals surface area contributed by atoms with Crippen LogP contribution < -0.4 is 5.32 Å². The molecule has 0 radical (unpaired) electrons. The summed E-state index contributed by atoms with van der Waals surface area (Å²) in [5.74, 6) is -2.16. The Balaban J connectivity index is 1.53. The molecule has 1 N–H and O–H groups in total. The lowest BCUT2D eigenvalue weighted by atomic mass is 10.2. The molecule has 2 aromatic rings. The van der Waals surface area contributed by atoms with E-state index in [0.29, 0.717) is 0 Å². The number of piperazine rings is 1. The van der Waals surface area contributed by atoms with Gasteiger partial charge in [-0.3, -0.25) is 9.59 Å². The van der Waals surface area contributed by atoms with Gasteiger partial charge in [0.1, 0.15) is 11.6 Å². The minimum atomic E-state index is -3.85. The summed E-state index contributed by atoms with van der Waals surface area (Å²) >= 11 is 0. The van der Waals surface area contributed by atoms with Crippen molar-refractivity contribution in [1.82, 2.24) is 14.5 Å². The van der Waals surface area contributed by atoms with Crippen LogP contribution in [0.1, 0.15) is 10.4 Å². The molecule has 1 aliphatic rings. The Morgan fingerprint density at radius 3 is 2.17 bits per heavy atom. The summed E-state index contributed by atoms with van der Waals surface area (Å²) in [5.41, 5.74) is 0.101. The van der Waals surface area contributed by atoms with Gasteiger partial charge in [-0.1, -0.05) is 12.1 Å². The first kappa shape index (κ1) is 20.9. The molecule has 7 nitrogen and oxygen atoms in total. The molecule has 1 saturated heterocycles. The van der Waals surface area contributed by atoms with Crippen molar-refractivity contribution in [3.63, 3.8) is 0 Å². The fourth-order valence-corrected chi connectivity index (χ4v) is 4.41. The molecule has 0 saturated carbocycles. The van der Waals surface area contributed by atoms with Gasteiger partial charge in [0.2, 0.25) is 15.9 Å². The van der Waals surface area contributed by atoms with E-state index in [2.05, 4.69) is 5.32 Å². The van der Waals surface area contributed by atoms with Gasteiger partial charge >= 0.3 is 0 Å². The van der Waals surface area contributed by atoms with Crippen LogP contribution in [0.5, 0.6) is 0 Å². The average molecular weight is 423 g/mol. The van der Waals surface area contributed by atoms with Crippen molar-refractivity contribution in [2.75, 3.05) is 32.7 Å². The van der Waals surface area contributed by atoms with E-state index in [1.54, 1.807) is 0 Å². The molecule has 29 heavy (non-hydrogen) atoms. The van der Waals surface area contributed by atoms with E-state index in [-0.39, 0.29) is 49.1 Å².